The van der Waals surface area contributed by atoms with E-state index in [9.17, 15) is 9.59 Å². The van der Waals surface area contributed by atoms with Gasteiger partial charge >= 0.3 is 12.0 Å². The van der Waals surface area contributed by atoms with Crippen LogP contribution in [0.3, 0.4) is 0 Å². The van der Waals surface area contributed by atoms with Crippen molar-refractivity contribution in [2.24, 2.45) is 5.41 Å². The second-order valence-electron chi connectivity index (χ2n) is 5.70. The standard InChI is InChI=1S/C15H19ClN2O3/c1-10-3-4-11(7-12(10)16)18-14(21)17-9-15(5-2-6-15)8-13(19)20/h3-4,7H,2,5-6,8-9H2,1H3,(H,19,20)(H2,17,18,21). The number of carboxylic acid groups (broad SMARTS) is 1. The van der Waals surface area contributed by atoms with Crippen LogP contribution in [0.1, 0.15) is 31.2 Å². The van der Waals surface area contributed by atoms with Gasteiger partial charge in [-0.25, -0.2) is 4.79 Å². The molecule has 0 radical (unpaired) electrons. The summed E-state index contributed by atoms with van der Waals surface area (Å²) in [6, 6.07) is 4.95. The minimum Gasteiger partial charge on any atom is -0.481 e. The lowest BCUT2D eigenvalue weighted by atomic mass is 9.66. The van der Waals surface area contributed by atoms with Crippen LogP contribution in [0.2, 0.25) is 5.02 Å². The Morgan fingerprint density at radius 2 is 2.10 bits per heavy atom. The molecule has 0 unspecified atom stereocenters. The number of aryl methyl sites for hydroxylation is 1. The zero-order valence-electron chi connectivity index (χ0n) is 11.9. The van der Waals surface area contributed by atoms with E-state index in [1.165, 1.54) is 0 Å². The molecule has 2 amide bonds. The van der Waals surface area contributed by atoms with Crippen LogP contribution in [-0.4, -0.2) is 23.7 Å². The molecule has 1 aliphatic carbocycles. The predicted molar refractivity (Wildman–Crippen MR) is 81.7 cm³/mol. The molecule has 5 nitrogen and oxygen atoms in total. The van der Waals surface area contributed by atoms with Crippen molar-refractivity contribution in [3.63, 3.8) is 0 Å². The number of urea groups is 1. The van der Waals surface area contributed by atoms with Crippen molar-refractivity contribution in [2.75, 3.05) is 11.9 Å². The van der Waals surface area contributed by atoms with E-state index in [4.69, 9.17) is 16.7 Å². The van der Waals surface area contributed by atoms with Crippen LogP contribution in [0.15, 0.2) is 18.2 Å². The molecule has 114 valence electrons. The maximum atomic E-state index is 11.9. The van der Waals surface area contributed by atoms with Crippen LogP contribution in [0, 0.1) is 12.3 Å². The van der Waals surface area contributed by atoms with Gasteiger partial charge in [-0.2, -0.15) is 0 Å². The number of nitrogens with one attached hydrogen (secondary N) is 2. The van der Waals surface area contributed by atoms with Crippen molar-refractivity contribution >= 4 is 29.3 Å². The lowest BCUT2D eigenvalue weighted by molar-refractivity contribution is -0.141. The van der Waals surface area contributed by atoms with Crippen LogP contribution in [0.5, 0.6) is 0 Å². The number of benzene rings is 1. The topological polar surface area (TPSA) is 78.4 Å². The summed E-state index contributed by atoms with van der Waals surface area (Å²) in [6.45, 7) is 2.27. The van der Waals surface area contributed by atoms with E-state index in [0.29, 0.717) is 17.3 Å². The minimum absolute atomic E-state index is 0.101. The molecule has 1 aliphatic rings. The number of carbonyl (C=O) groups is 2. The first kappa shape index (κ1) is 15.6. The largest absolute Gasteiger partial charge is 0.481 e. The third-order valence-electron chi connectivity index (χ3n) is 3.99. The number of rotatable bonds is 5. The zero-order valence-corrected chi connectivity index (χ0v) is 12.7. The number of amides is 2. The van der Waals surface area contributed by atoms with Gasteiger partial charge in [0.25, 0.3) is 0 Å². The summed E-state index contributed by atoms with van der Waals surface area (Å²) >= 11 is 6.00. The van der Waals surface area contributed by atoms with E-state index in [0.717, 1.165) is 24.8 Å². The second kappa shape index (κ2) is 6.35. The maximum absolute atomic E-state index is 11.9. The number of hydrogen-bond acceptors (Lipinski definition) is 2. The van der Waals surface area contributed by atoms with Crippen LogP contribution in [0.25, 0.3) is 0 Å². The van der Waals surface area contributed by atoms with Crippen LogP contribution >= 0.6 is 11.6 Å². The Balaban J connectivity index is 1.87. The molecular weight excluding hydrogens is 292 g/mol. The molecule has 2 rings (SSSR count). The fraction of sp³-hybridized carbons (Fsp3) is 0.467. The van der Waals surface area contributed by atoms with Crippen molar-refractivity contribution < 1.29 is 14.7 Å². The van der Waals surface area contributed by atoms with Crippen molar-refractivity contribution in [3.05, 3.63) is 28.8 Å². The first-order chi connectivity index (χ1) is 9.90. The van der Waals surface area contributed by atoms with Gasteiger partial charge in [-0.15, -0.1) is 0 Å². The highest BCUT2D eigenvalue weighted by atomic mass is 35.5. The summed E-state index contributed by atoms with van der Waals surface area (Å²) in [5.41, 5.74) is 1.27. The summed E-state index contributed by atoms with van der Waals surface area (Å²) in [6.07, 6.45) is 2.81. The molecule has 1 aromatic carbocycles. The molecule has 0 bridgehead atoms. The number of carboxylic acids is 1. The van der Waals surface area contributed by atoms with Gasteiger partial charge in [0, 0.05) is 17.3 Å². The lowest BCUT2D eigenvalue weighted by Gasteiger charge is -2.40. The molecule has 1 aromatic rings. The first-order valence-electron chi connectivity index (χ1n) is 6.93. The Hall–Kier alpha value is -1.75. The highest BCUT2D eigenvalue weighted by Crippen LogP contribution is 2.43. The monoisotopic (exact) mass is 310 g/mol. The number of carbonyl (C=O) groups excluding carboxylic acids is 1. The average molecular weight is 311 g/mol. The number of aliphatic carboxylic acids is 1. The predicted octanol–water partition coefficient (Wildman–Crippen LogP) is 3.41. The summed E-state index contributed by atoms with van der Waals surface area (Å²) in [5, 5.41) is 15.0. The van der Waals surface area contributed by atoms with E-state index >= 15 is 0 Å². The summed E-state index contributed by atoms with van der Waals surface area (Å²) in [7, 11) is 0. The third kappa shape index (κ3) is 4.11. The smallest absolute Gasteiger partial charge is 0.319 e. The van der Waals surface area contributed by atoms with Crippen molar-refractivity contribution in [3.8, 4) is 0 Å². The molecule has 0 heterocycles. The summed E-state index contributed by atoms with van der Waals surface area (Å²) in [5.74, 6) is -0.817. The molecule has 6 heteroatoms. The van der Waals surface area contributed by atoms with Gasteiger partial charge in [0.05, 0.1) is 6.42 Å². The van der Waals surface area contributed by atoms with Crippen LogP contribution < -0.4 is 10.6 Å². The van der Waals surface area contributed by atoms with E-state index in [1.807, 2.05) is 13.0 Å². The third-order valence-corrected chi connectivity index (χ3v) is 4.40. The zero-order chi connectivity index (χ0) is 15.5. The maximum Gasteiger partial charge on any atom is 0.319 e. The van der Waals surface area contributed by atoms with Gasteiger partial charge in [0.1, 0.15) is 0 Å². The number of anilines is 1. The Kier molecular flexibility index (Phi) is 4.73. The van der Waals surface area contributed by atoms with Gasteiger partial charge in [-0.05, 0) is 42.9 Å². The average Bonchev–Trinajstić information content (AvgIpc) is 2.36. The molecule has 21 heavy (non-hydrogen) atoms. The Morgan fingerprint density at radius 1 is 1.38 bits per heavy atom. The SMILES string of the molecule is Cc1ccc(NC(=O)NCC2(CC(=O)O)CCC2)cc1Cl. The molecule has 0 saturated heterocycles. The van der Waals surface area contributed by atoms with Gasteiger partial charge in [0.2, 0.25) is 0 Å². The quantitative estimate of drug-likeness (QED) is 0.779. The molecule has 0 aliphatic heterocycles. The first-order valence-corrected chi connectivity index (χ1v) is 7.31. The Labute approximate surface area is 128 Å². The van der Waals surface area contributed by atoms with E-state index < -0.39 is 5.97 Å². The molecule has 1 saturated carbocycles. The summed E-state index contributed by atoms with van der Waals surface area (Å²) < 4.78 is 0. The number of halogens is 1. The Bertz CT molecular complexity index is 556. The molecule has 0 atom stereocenters. The number of hydrogen-bond donors (Lipinski definition) is 3. The second-order valence-corrected chi connectivity index (χ2v) is 6.10. The van der Waals surface area contributed by atoms with Crippen molar-refractivity contribution in [1.29, 1.82) is 0 Å². The van der Waals surface area contributed by atoms with Gasteiger partial charge in [-0.3, -0.25) is 4.79 Å². The normalized spacial score (nSPS) is 15.9. The summed E-state index contributed by atoms with van der Waals surface area (Å²) in [4.78, 5) is 22.7. The lowest BCUT2D eigenvalue weighted by Crippen LogP contribution is -2.44. The van der Waals surface area contributed by atoms with Crippen molar-refractivity contribution in [2.45, 2.75) is 32.6 Å². The van der Waals surface area contributed by atoms with Crippen LogP contribution in [-0.2, 0) is 4.79 Å². The highest BCUT2D eigenvalue weighted by molar-refractivity contribution is 6.31. The molecule has 0 aromatic heterocycles. The fourth-order valence-electron chi connectivity index (χ4n) is 2.53. The molecule has 3 N–H and O–H groups in total. The Morgan fingerprint density at radius 3 is 2.62 bits per heavy atom. The van der Waals surface area contributed by atoms with Crippen LogP contribution in [0.4, 0.5) is 10.5 Å². The fourth-order valence-corrected chi connectivity index (χ4v) is 2.71. The van der Waals surface area contributed by atoms with Gasteiger partial charge in [0.15, 0.2) is 0 Å². The van der Waals surface area contributed by atoms with E-state index in [1.54, 1.807) is 12.1 Å². The minimum atomic E-state index is -0.817. The van der Waals surface area contributed by atoms with Gasteiger partial charge < -0.3 is 15.7 Å². The highest BCUT2D eigenvalue weighted by Gasteiger charge is 2.39. The molecular formula is C15H19ClN2O3. The van der Waals surface area contributed by atoms with E-state index in [2.05, 4.69) is 10.6 Å². The van der Waals surface area contributed by atoms with E-state index in [-0.39, 0.29) is 17.9 Å². The molecule has 1 fully saturated rings. The molecule has 0 spiro atoms. The van der Waals surface area contributed by atoms with Crippen molar-refractivity contribution in [1.82, 2.24) is 5.32 Å². The van der Waals surface area contributed by atoms with Gasteiger partial charge in [-0.1, -0.05) is 24.1 Å².